The highest BCUT2D eigenvalue weighted by Gasteiger charge is 2.20. The first-order valence-electron chi connectivity index (χ1n) is 18.2. The Morgan fingerprint density at radius 3 is 2.20 bits per heavy atom. The van der Waals surface area contributed by atoms with Crippen molar-refractivity contribution in [3.8, 4) is 28.9 Å². The van der Waals surface area contributed by atoms with E-state index in [0.717, 1.165) is 54.2 Å². The number of carbonyl (C=O) groups excluding carboxylic acids is 1. The van der Waals surface area contributed by atoms with E-state index in [1.807, 2.05) is 80.3 Å². The fourth-order valence-electron chi connectivity index (χ4n) is 6.02. The number of pyridine rings is 1. The van der Waals surface area contributed by atoms with Crippen molar-refractivity contribution in [2.24, 2.45) is 0 Å². The molecule has 1 aliphatic rings. The van der Waals surface area contributed by atoms with Gasteiger partial charge in [-0.3, -0.25) is 9.69 Å². The molecule has 1 aromatic heterocycles. The number of nitrogens with zero attached hydrogens (tertiary/aromatic N) is 3. The van der Waals surface area contributed by atoms with E-state index in [9.17, 15) is 4.79 Å². The second kappa shape index (κ2) is 18.8. The van der Waals surface area contributed by atoms with Crippen molar-refractivity contribution in [1.82, 2.24) is 14.8 Å². The highest BCUT2D eigenvalue weighted by molar-refractivity contribution is 6.32. The van der Waals surface area contributed by atoms with Crippen LogP contribution in [0.25, 0.3) is 6.08 Å². The number of carbonyl (C=O) groups is 1. The molecule has 0 radical (unpaired) electrons. The minimum Gasteiger partial charge on any atom is -0.493 e. The lowest BCUT2D eigenvalue weighted by Crippen LogP contribution is -2.47. The van der Waals surface area contributed by atoms with Gasteiger partial charge in [-0.1, -0.05) is 65.7 Å². The van der Waals surface area contributed by atoms with Gasteiger partial charge in [0, 0.05) is 61.9 Å². The Balaban J connectivity index is 0.918. The number of hydrogen-bond donors (Lipinski definition) is 0. The van der Waals surface area contributed by atoms with Crippen LogP contribution in [0.3, 0.4) is 0 Å². The number of aryl methyl sites for hydroxylation is 1. The summed E-state index contributed by atoms with van der Waals surface area (Å²) in [6.45, 7) is 10.7. The summed E-state index contributed by atoms with van der Waals surface area (Å²) in [4.78, 5) is 21.7. The van der Waals surface area contributed by atoms with Crippen LogP contribution < -0.4 is 18.9 Å². The van der Waals surface area contributed by atoms with Crippen molar-refractivity contribution in [1.29, 1.82) is 0 Å². The number of amides is 1. The third kappa shape index (κ3) is 11.2. The molecule has 0 unspecified atom stereocenters. The van der Waals surface area contributed by atoms with Gasteiger partial charge in [-0.05, 0) is 97.6 Å². The zero-order valence-electron chi connectivity index (χ0n) is 30.8. The summed E-state index contributed by atoms with van der Waals surface area (Å²) in [5.41, 5.74) is 5.02. The van der Waals surface area contributed by atoms with Gasteiger partial charge in [0.05, 0.1) is 23.9 Å². The van der Waals surface area contributed by atoms with Crippen molar-refractivity contribution in [2.75, 3.05) is 32.8 Å². The summed E-state index contributed by atoms with van der Waals surface area (Å²) in [6.07, 6.45) is 5.99. The fraction of sp³-hybridized carbons (Fsp3) is 0.273. The van der Waals surface area contributed by atoms with E-state index in [1.54, 1.807) is 36.5 Å². The average Bonchev–Trinajstić information content (AvgIpc) is 3.17. The van der Waals surface area contributed by atoms with Crippen molar-refractivity contribution < 1.29 is 23.7 Å². The topological polar surface area (TPSA) is 73.4 Å². The third-order valence-corrected chi connectivity index (χ3v) is 9.56. The summed E-state index contributed by atoms with van der Waals surface area (Å²) in [7, 11) is 0. The molecule has 8 nitrogen and oxygen atoms in total. The quantitative estimate of drug-likeness (QED) is 0.0983. The van der Waals surface area contributed by atoms with Gasteiger partial charge in [0.2, 0.25) is 11.8 Å². The van der Waals surface area contributed by atoms with E-state index in [1.165, 1.54) is 11.1 Å². The number of piperazine rings is 1. The Bertz CT molecular complexity index is 1990. The summed E-state index contributed by atoms with van der Waals surface area (Å²) >= 11 is 12.9. The van der Waals surface area contributed by atoms with Gasteiger partial charge in [0.15, 0.2) is 5.75 Å². The summed E-state index contributed by atoms with van der Waals surface area (Å²) < 4.78 is 23.5. The van der Waals surface area contributed by atoms with Gasteiger partial charge in [-0.15, -0.1) is 0 Å². The van der Waals surface area contributed by atoms with Crippen molar-refractivity contribution in [3.63, 3.8) is 0 Å². The highest BCUT2D eigenvalue weighted by atomic mass is 35.5. The largest absolute Gasteiger partial charge is 0.493 e. The Morgan fingerprint density at radius 1 is 0.815 bits per heavy atom. The van der Waals surface area contributed by atoms with Crippen LogP contribution in [-0.2, 0) is 24.4 Å². The monoisotopic (exact) mass is 765 g/mol. The Kier molecular flexibility index (Phi) is 13.5. The van der Waals surface area contributed by atoms with E-state index in [4.69, 9.17) is 42.1 Å². The maximum absolute atomic E-state index is 13.1. The van der Waals surface area contributed by atoms with Crippen LogP contribution >= 0.6 is 23.2 Å². The molecule has 5 aromatic rings. The molecule has 1 aliphatic heterocycles. The third-order valence-electron chi connectivity index (χ3n) is 8.91. The molecule has 0 aliphatic carbocycles. The maximum atomic E-state index is 13.1. The Morgan fingerprint density at radius 2 is 1.52 bits per heavy atom. The molecule has 0 saturated carbocycles. The van der Waals surface area contributed by atoms with Crippen LogP contribution in [0.15, 0.2) is 109 Å². The zero-order chi connectivity index (χ0) is 37.9. The first kappa shape index (κ1) is 38.7. The standard InChI is InChI=1S/C44H45Cl2N3O5/c1-31(2)53-38-15-13-37(14-16-38)51-25-20-33-8-10-34(11-9-33)29-48-21-23-49(24-22-48)43(50)19-12-35-26-32(3)44(41(46)27-35)54-42-18-17-39(28-47-42)52-30-36-6-4-5-7-40(36)45/h4-19,26-28,31H,20-25,29-30H2,1-3H3/b19-12+. The summed E-state index contributed by atoms with van der Waals surface area (Å²) in [5, 5.41) is 1.08. The van der Waals surface area contributed by atoms with E-state index in [2.05, 4.69) is 34.1 Å². The maximum Gasteiger partial charge on any atom is 0.246 e. The van der Waals surface area contributed by atoms with Gasteiger partial charge >= 0.3 is 0 Å². The van der Waals surface area contributed by atoms with Gasteiger partial charge in [-0.25, -0.2) is 4.98 Å². The van der Waals surface area contributed by atoms with E-state index < -0.39 is 0 Å². The SMILES string of the molecule is Cc1cc(/C=C/C(=O)N2CCN(Cc3ccc(CCOc4ccc(OC(C)C)cc4)cc3)CC2)cc(Cl)c1Oc1ccc(OCc2ccccc2Cl)cn1. The van der Waals surface area contributed by atoms with Gasteiger partial charge in [0.1, 0.15) is 23.9 Å². The molecule has 280 valence electrons. The lowest BCUT2D eigenvalue weighted by atomic mass is 10.1. The van der Waals surface area contributed by atoms with Crippen LogP contribution in [0, 0.1) is 6.92 Å². The Labute approximate surface area is 327 Å². The zero-order valence-corrected chi connectivity index (χ0v) is 32.4. The molecule has 0 bridgehead atoms. The molecule has 54 heavy (non-hydrogen) atoms. The van der Waals surface area contributed by atoms with Crippen LogP contribution in [0.2, 0.25) is 10.0 Å². The molecular formula is C44H45Cl2N3O5. The normalized spacial score (nSPS) is 13.3. The predicted octanol–water partition coefficient (Wildman–Crippen LogP) is 9.83. The fourth-order valence-corrected chi connectivity index (χ4v) is 6.52. The molecule has 1 saturated heterocycles. The molecule has 0 N–H and O–H groups in total. The molecule has 10 heteroatoms. The lowest BCUT2D eigenvalue weighted by Gasteiger charge is -2.34. The van der Waals surface area contributed by atoms with Crippen molar-refractivity contribution in [2.45, 2.75) is 46.4 Å². The van der Waals surface area contributed by atoms with Crippen LogP contribution in [0.1, 0.15) is 41.7 Å². The number of rotatable bonds is 15. The molecule has 1 fully saturated rings. The molecule has 0 atom stereocenters. The van der Waals surface area contributed by atoms with Gasteiger partial charge < -0.3 is 23.8 Å². The summed E-state index contributed by atoms with van der Waals surface area (Å²) in [5.74, 6) is 3.15. The van der Waals surface area contributed by atoms with E-state index >= 15 is 0 Å². The highest BCUT2D eigenvalue weighted by Crippen LogP contribution is 2.34. The smallest absolute Gasteiger partial charge is 0.246 e. The van der Waals surface area contributed by atoms with Crippen LogP contribution in [0.4, 0.5) is 0 Å². The Hall–Kier alpha value is -5.02. The second-order valence-electron chi connectivity index (χ2n) is 13.5. The minimum absolute atomic E-state index is 0.0174. The minimum atomic E-state index is -0.0174. The molecule has 2 heterocycles. The second-order valence-corrected chi connectivity index (χ2v) is 14.3. The van der Waals surface area contributed by atoms with E-state index in [-0.39, 0.29) is 12.0 Å². The summed E-state index contributed by atoms with van der Waals surface area (Å²) in [6, 6.07) is 31.2. The first-order chi connectivity index (χ1) is 26.2. The van der Waals surface area contributed by atoms with E-state index in [0.29, 0.717) is 53.7 Å². The molecular weight excluding hydrogens is 721 g/mol. The van der Waals surface area contributed by atoms with Crippen LogP contribution in [0.5, 0.6) is 28.9 Å². The molecule has 1 amide bonds. The van der Waals surface area contributed by atoms with Gasteiger partial charge in [-0.2, -0.15) is 0 Å². The predicted molar refractivity (Wildman–Crippen MR) is 215 cm³/mol. The van der Waals surface area contributed by atoms with Crippen LogP contribution in [-0.4, -0.2) is 59.6 Å². The van der Waals surface area contributed by atoms with Crippen molar-refractivity contribution >= 4 is 35.2 Å². The number of aromatic nitrogens is 1. The number of hydrogen-bond acceptors (Lipinski definition) is 7. The van der Waals surface area contributed by atoms with Gasteiger partial charge in [0.25, 0.3) is 0 Å². The molecule has 4 aromatic carbocycles. The molecule has 0 spiro atoms. The average molecular weight is 767 g/mol. The number of halogens is 2. The first-order valence-corrected chi connectivity index (χ1v) is 18.9. The molecule has 6 rings (SSSR count). The lowest BCUT2D eigenvalue weighted by molar-refractivity contribution is -0.127. The number of benzene rings is 4. The number of ether oxygens (including phenoxy) is 4. The van der Waals surface area contributed by atoms with Crippen molar-refractivity contribution in [3.05, 3.63) is 147 Å².